The van der Waals surface area contributed by atoms with Crippen molar-refractivity contribution in [3.63, 3.8) is 0 Å². The molecule has 0 aliphatic carbocycles. The van der Waals surface area contributed by atoms with Gasteiger partial charge in [0.05, 0.1) is 13.2 Å². The topological polar surface area (TPSA) is 27.7 Å². The van der Waals surface area contributed by atoms with Crippen LogP contribution in [0.4, 0.5) is 13.2 Å². The normalized spacial score (nSPS) is 19.1. The van der Waals surface area contributed by atoms with E-state index in [0.29, 0.717) is 49.2 Å². The van der Waals surface area contributed by atoms with Crippen molar-refractivity contribution in [3.05, 3.63) is 82.7 Å². The lowest BCUT2D eigenvalue weighted by Crippen LogP contribution is -2.33. The van der Waals surface area contributed by atoms with Gasteiger partial charge in [-0.2, -0.15) is 0 Å². The number of aryl methyl sites for hydroxylation is 2. The van der Waals surface area contributed by atoms with Crippen LogP contribution >= 0.6 is 0 Å². The van der Waals surface area contributed by atoms with Gasteiger partial charge in [-0.3, -0.25) is 0 Å². The van der Waals surface area contributed by atoms with E-state index in [4.69, 9.17) is 14.2 Å². The fourth-order valence-corrected chi connectivity index (χ4v) is 3.73. The molecular weight excluding hydrogens is 405 g/mol. The minimum absolute atomic E-state index is 0.0637. The molecule has 0 bridgehead atoms. The molecule has 1 heterocycles. The average molecular weight is 430 g/mol. The minimum atomic E-state index is -0.889. The van der Waals surface area contributed by atoms with Gasteiger partial charge in [0, 0.05) is 17.6 Å². The highest BCUT2D eigenvalue weighted by Crippen LogP contribution is 2.29. The zero-order valence-corrected chi connectivity index (χ0v) is 17.4. The number of benzene rings is 3. The van der Waals surface area contributed by atoms with Crippen LogP contribution in [-0.4, -0.2) is 25.9 Å². The van der Waals surface area contributed by atoms with Crippen molar-refractivity contribution in [2.75, 3.05) is 19.8 Å². The van der Waals surface area contributed by atoms with Crippen molar-refractivity contribution in [3.8, 4) is 0 Å². The second-order valence-corrected chi connectivity index (χ2v) is 7.76. The first kappa shape index (κ1) is 21.8. The predicted octanol–water partition coefficient (Wildman–Crippen LogP) is 5.88. The van der Waals surface area contributed by atoms with E-state index < -0.39 is 17.9 Å². The molecule has 0 N–H and O–H groups in total. The smallest absolute Gasteiger partial charge is 0.184 e. The molecule has 1 fully saturated rings. The van der Waals surface area contributed by atoms with Crippen molar-refractivity contribution in [2.45, 2.75) is 38.6 Å². The van der Waals surface area contributed by atoms with Crippen LogP contribution in [0.2, 0.25) is 0 Å². The van der Waals surface area contributed by atoms with Gasteiger partial charge in [0.2, 0.25) is 0 Å². The number of fused-ring (bicyclic) bond motifs is 1. The van der Waals surface area contributed by atoms with E-state index >= 15 is 4.39 Å². The Morgan fingerprint density at radius 2 is 1.71 bits per heavy atom. The summed E-state index contributed by atoms with van der Waals surface area (Å²) in [5.74, 6) is -2.07. The lowest BCUT2D eigenvalue weighted by Gasteiger charge is -2.29. The molecule has 31 heavy (non-hydrogen) atoms. The Hall–Kier alpha value is -2.41. The van der Waals surface area contributed by atoms with Gasteiger partial charge in [-0.15, -0.1) is 0 Å². The third-order valence-electron chi connectivity index (χ3n) is 5.42. The Morgan fingerprint density at radius 3 is 2.45 bits per heavy atom. The Kier molecular flexibility index (Phi) is 6.90. The highest BCUT2D eigenvalue weighted by atomic mass is 19.2. The van der Waals surface area contributed by atoms with Crippen molar-refractivity contribution >= 4 is 10.8 Å². The van der Waals surface area contributed by atoms with E-state index in [1.54, 1.807) is 12.1 Å². The van der Waals surface area contributed by atoms with Crippen molar-refractivity contribution in [1.29, 1.82) is 0 Å². The Morgan fingerprint density at radius 1 is 0.903 bits per heavy atom. The van der Waals surface area contributed by atoms with Crippen molar-refractivity contribution in [1.82, 2.24) is 0 Å². The molecule has 3 aromatic carbocycles. The summed E-state index contributed by atoms with van der Waals surface area (Å²) in [6, 6.07) is 12.8. The standard InChI is InChI=1S/C25H25F3O3/c1-2-11-29-20-14-30-25(31-15-20)19-8-9-21-18(13-19)7-6-17(24(21)28)5-3-16-4-10-22(26)23(27)12-16/h4,6-10,12-13,20,25H,2-3,5,11,14-15H2,1H3. The monoisotopic (exact) mass is 430 g/mol. The molecule has 4 rings (SSSR count). The minimum Gasteiger partial charge on any atom is -0.373 e. The summed E-state index contributed by atoms with van der Waals surface area (Å²) in [5.41, 5.74) is 1.99. The number of hydrogen-bond donors (Lipinski definition) is 0. The van der Waals surface area contributed by atoms with Gasteiger partial charge >= 0.3 is 0 Å². The van der Waals surface area contributed by atoms with E-state index in [-0.39, 0.29) is 11.9 Å². The van der Waals surface area contributed by atoms with Crippen molar-refractivity contribution < 1.29 is 27.4 Å². The zero-order valence-electron chi connectivity index (χ0n) is 17.4. The van der Waals surface area contributed by atoms with Gasteiger partial charge in [0.1, 0.15) is 11.9 Å². The van der Waals surface area contributed by atoms with E-state index in [2.05, 4.69) is 6.92 Å². The fraction of sp³-hybridized carbons (Fsp3) is 0.360. The molecule has 164 valence electrons. The van der Waals surface area contributed by atoms with Crippen molar-refractivity contribution in [2.24, 2.45) is 0 Å². The highest BCUT2D eigenvalue weighted by Gasteiger charge is 2.24. The molecule has 0 radical (unpaired) electrons. The van der Waals surface area contributed by atoms with E-state index in [1.165, 1.54) is 6.07 Å². The summed E-state index contributed by atoms with van der Waals surface area (Å²) in [5, 5.41) is 1.26. The van der Waals surface area contributed by atoms with Gasteiger partial charge in [-0.1, -0.05) is 37.3 Å². The first-order valence-corrected chi connectivity index (χ1v) is 10.5. The summed E-state index contributed by atoms with van der Waals surface area (Å²) < 4.78 is 58.7. The van der Waals surface area contributed by atoms with Crippen LogP contribution < -0.4 is 0 Å². The van der Waals surface area contributed by atoms with Crippen LogP contribution in [0.3, 0.4) is 0 Å². The summed E-state index contributed by atoms with van der Waals surface area (Å²) in [7, 11) is 0. The predicted molar refractivity (Wildman–Crippen MR) is 112 cm³/mol. The number of rotatable bonds is 7. The molecule has 0 spiro atoms. The van der Waals surface area contributed by atoms with Crippen LogP contribution in [0.5, 0.6) is 0 Å². The first-order chi connectivity index (χ1) is 15.0. The van der Waals surface area contributed by atoms with Gasteiger partial charge in [-0.05, 0) is 54.0 Å². The molecule has 0 amide bonds. The summed E-state index contributed by atoms with van der Waals surface area (Å²) in [6.07, 6.45) is 1.19. The van der Waals surface area contributed by atoms with Gasteiger partial charge < -0.3 is 14.2 Å². The average Bonchev–Trinajstić information content (AvgIpc) is 2.79. The van der Waals surface area contributed by atoms with Crippen LogP contribution in [0.15, 0.2) is 48.5 Å². The lowest BCUT2D eigenvalue weighted by atomic mass is 9.99. The largest absolute Gasteiger partial charge is 0.373 e. The Balaban J connectivity index is 1.45. The third kappa shape index (κ3) is 5.09. The summed E-state index contributed by atoms with van der Waals surface area (Å²) in [4.78, 5) is 0. The zero-order chi connectivity index (χ0) is 21.8. The second-order valence-electron chi connectivity index (χ2n) is 7.76. The third-order valence-corrected chi connectivity index (χ3v) is 5.42. The van der Waals surface area contributed by atoms with Crippen LogP contribution in [0, 0.1) is 17.5 Å². The molecule has 3 nitrogen and oxygen atoms in total. The fourth-order valence-electron chi connectivity index (χ4n) is 3.73. The molecule has 0 unspecified atom stereocenters. The molecule has 6 heteroatoms. The quantitative estimate of drug-likeness (QED) is 0.468. The molecule has 1 saturated heterocycles. The molecule has 3 aromatic rings. The van der Waals surface area contributed by atoms with Gasteiger partial charge in [0.25, 0.3) is 0 Å². The SMILES string of the molecule is CCCOC1COC(c2ccc3c(F)c(CCc4ccc(F)c(F)c4)ccc3c2)OC1. The van der Waals surface area contributed by atoms with Crippen LogP contribution in [0.1, 0.15) is 36.3 Å². The maximum Gasteiger partial charge on any atom is 0.184 e. The second kappa shape index (κ2) is 9.81. The molecular formula is C25H25F3O3. The van der Waals surface area contributed by atoms with E-state index in [0.717, 1.165) is 29.5 Å². The Labute approximate surface area is 179 Å². The summed E-state index contributed by atoms with van der Waals surface area (Å²) >= 11 is 0. The molecule has 0 saturated carbocycles. The van der Waals surface area contributed by atoms with Gasteiger partial charge in [0.15, 0.2) is 17.9 Å². The van der Waals surface area contributed by atoms with E-state index in [9.17, 15) is 8.78 Å². The van der Waals surface area contributed by atoms with Gasteiger partial charge in [-0.25, -0.2) is 13.2 Å². The number of halogens is 3. The molecule has 1 aliphatic rings. The first-order valence-electron chi connectivity index (χ1n) is 10.5. The van der Waals surface area contributed by atoms with Crippen LogP contribution in [-0.2, 0) is 27.1 Å². The summed E-state index contributed by atoms with van der Waals surface area (Å²) in [6.45, 7) is 3.64. The van der Waals surface area contributed by atoms with Crippen LogP contribution in [0.25, 0.3) is 10.8 Å². The number of hydrogen-bond acceptors (Lipinski definition) is 3. The maximum absolute atomic E-state index is 15.0. The lowest BCUT2D eigenvalue weighted by molar-refractivity contribution is -0.230. The maximum atomic E-state index is 15.0. The molecule has 0 aromatic heterocycles. The highest BCUT2D eigenvalue weighted by molar-refractivity contribution is 5.84. The molecule has 0 atom stereocenters. The molecule has 1 aliphatic heterocycles. The number of ether oxygens (including phenoxy) is 3. The Bertz CT molecular complexity index is 1050. The van der Waals surface area contributed by atoms with E-state index in [1.807, 2.05) is 18.2 Å².